The molecular weight excluding hydrogens is 366 g/mol. The van der Waals surface area contributed by atoms with E-state index in [2.05, 4.69) is 24.0 Å². The first kappa shape index (κ1) is 22.8. The molecule has 0 atom stereocenters. The summed E-state index contributed by atoms with van der Waals surface area (Å²) in [6.45, 7) is 8.36. The second kappa shape index (κ2) is 12.8. The van der Waals surface area contributed by atoms with Crippen molar-refractivity contribution < 1.29 is 19.0 Å². The third kappa shape index (κ3) is 8.16. The quantitative estimate of drug-likeness (QED) is 0.364. The third-order valence-corrected chi connectivity index (χ3v) is 4.83. The first-order chi connectivity index (χ1) is 14.2. The lowest BCUT2D eigenvalue weighted by atomic mass is 10.1. The number of nitrogens with zero attached hydrogens (tertiary/aromatic N) is 1. The molecule has 0 N–H and O–H groups in total. The van der Waals surface area contributed by atoms with E-state index < -0.39 is 0 Å². The van der Waals surface area contributed by atoms with E-state index in [9.17, 15) is 4.79 Å². The number of esters is 1. The van der Waals surface area contributed by atoms with Crippen LogP contribution in [-0.2, 0) is 11.2 Å². The van der Waals surface area contributed by atoms with Gasteiger partial charge in [-0.3, -0.25) is 0 Å². The predicted molar refractivity (Wildman–Crippen MR) is 116 cm³/mol. The molecule has 0 saturated heterocycles. The van der Waals surface area contributed by atoms with Gasteiger partial charge in [-0.25, -0.2) is 4.79 Å². The summed E-state index contributed by atoms with van der Waals surface area (Å²) in [5.74, 6) is 1.37. The van der Waals surface area contributed by atoms with E-state index in [-0.39, 0.29) is 5.97 Å². The van der Waals surface area contributed by atoms with Crippen LogP contribution in [0.4, 0.5) is 0 Å². The first-order valence-electron chi connectivity index (χ1n) is 10.4. The molecule has 5 nitrogen and oxygen atoms in total. The van der Waals surface area contributed by atoms with E-state index in [4.69, 9.17) is 14.2 Å². The van der Waals surface area contributed by atoms with Gasteiger partial charge in [-0.15, -0.1) is 0 Å². The van der Waals surface area contributed by atoms with Gasteiger partial charge in [-0.2, -0.15) is 0 Å². The monoisotopic (exact) mass is 399 g/mol. The topological polar surface area (TPSA) is 48.0 Å². The average molecular weight is 400 g/mol. The highest BCUT2D eigenvalue weighted by molar-refractivity contribution is 5.89. The summed E-state index contributed by atoms with van der Waals surface area (Å²) in [5.41, 5.74) is 1.87. The van der Waals surface area contributed by atoms with Crippen molar-refractivity contribution in [1.29, 1.82) is 0 Å². The summed E-state index contributed by atoms with van der Waals surface area (Å²) in [4.78, 5) is 14.5. The molecule has 0 aromatic heterocycles. The van der Waals surface area contributed by atoms with Gasteiger partial charge < -0.3 is 19.1 Å². The minimum atomic E-state index is -0.282. The smallest absolute Gasteiger partial charge is 0.338 e. The Morgan fingerprint density at radius 1 is 0.897 bits per heavy atom. The van der Waals surface area contributed by atoms with Gasteiger partial charge in [0.05, 0.1) is 25.9 Å². The van der Waals surface area contributed by atoms with Crippen LogP contribution in [0.2, 0.25) is 0 Å². The van der Waals surface area contributed by atoms with Crippen LogP contribution in [0.3, 0.4) is 0 Å². The van der Waals surface area contributed by atoms with Crippen LogP contribution >= 0.6 is 0 Å². The maximum Gasteiger partial charge on any atom is 0.338 e. The fourth-order valence-corrected chi connectivity index (χ4v) is 3.05. The summed E-state index contributed by atoms with van der Waals surface area (Å²) in [6, 6.07) is 15.3. The van der Waals surface area contributed by atoms with Crippen molar-refractivity contribution in [2.24, 2.45) is 0 Å². The summed E-state index contributed by atoms with van der Waals surface area (Å²) in [5, 5.41) is 0. The molecule has 29 heavy (non-hydrogen) atoms. The zero-order chi connectivity index (χ0) is 20.9. The normalized spacial score (nSPS) is 10.8. The molecule has 0 fully saturated rings. The number of likely N-dealkylation sites (N-methyl/N-ethyl adjacent to an activating group) is 1. The van der Waals surface area contributed by atoms with Gasteiger partial charge in [0.2, 0.25) is 0 Å². The molecule has 2 rings (SSSR count). The predicted octanol–water partition coefficient (Wildman–Crippen LogP) is 4.60. The average Bonchev–Trinajstić information content (AvgIpc) is 2.76. The zero-order valence-corrected chi connectivity index (χ0v) is 17.9. The SMILES string of the molecule is CCOc1ccc(CCN(CC)CCCCOC(=O)c2ccc(OC)cc2)cc1. The van der Waals surface area contributed by atoms with Gasteiger partial charge in [0.25, 0.3) is 0 Å². The standard InChI is InChI=1S/C24H33NO4/c1-4-25(18-16-20-8-12-23(13-9-20)28-5-2)17-6-7-19-29-24(26)21-10-14-22(27-3)15-11-21/h8-15H,4-7,16-19H2,1-3H3. The molecule has 0 spiro atoms. The summed E-state index contributed by atoms with van der Waals surface area (Å²) < 4.78 is 16.0. The Balaban J connectivity index is 1.62. The molecule has 0 radical (unpaired) electrons. The molecular formula is C24H33NO4. The van der Waals surface area contributed by atoms with E-state index in [1.807, 2.05) is 19.1 Å². The Morgan fingerprint density at radius 3 is 2.21 bits per heavy atom. The number of rotatable bonds is 13. The molecule has 2 aromatic carbocycles. The van der Waals surface area contributed by atoms with Crippen LogP contribution in [-0.4, -0.2) is 50.8 Å². The number of benzene rings is 2. The van der Waals surface area contributed by atoms with Crippen LogP contribution in [0.25, 0.3) is 0 Å². The Hall–Kier alpha value is -2.53. The molecule has 0 heterocycles. The lowest BCUT2D eigenvalue weighted by Crippen LogP contribution is -2.27. The zero-order valence-electron chi connectivity index (χ0n) is 17.9. The second-order valence-corrected chi connectivity index (χ2v) is 6.83. The van der Waals surface area contributed by atoms with Crippen LogP contribution < -0.4 is 9.47 Å². The van der Waals surface area contributed by atoms with Gasteiger partial charge >= 0.3 is 5.97 Å². The molecule has 158 valence electrons. The summed E-state index contributed by atoms with van der Waals surface area (Å²) in [7, 11) is 1.60. The van der Waals surface area contributed by atoms with Crippen molar-refractivity contribution in [3.63, 3.8) is 0 Å². The highest BCUT2D eigenvalue weighted by Gasteiger charge is 2.08. The van der Waals surface area contributed by atoms with Gasteiger partial charge in [-0.05, 0) is 81.2 Å². The third-order valence-electron chi connectivity index (χ3n) is 4.83. The maximum absolute atomic E-state index is 12.0. The van der Waals surface area contributed by atoms with Gasteiger partial charge in [0, 0.05) is 6.54 Å². The fraction of sp³-hybridized carbons (Fsp3) is 0.458. The van der Waals surface area contributed by atoms with Crippen molar-refractivity contribution in [1.82, 2.24) is 4.90 Å². The van der Waals surface area contributed by atoms with Crippen molar-refractivity contribution in [3.05, 3.63) is 59.7 Å². The number of carbonyl (C=O) groups is 1. The lowest BCUT2D eigenvalue weighted by Gasteiger charge is -2.20. The second-order valence-electron chi connectivity index (χ2n) is 6.83. The van der Waals surface area contributed by atoms with E-state index in [1.54, 1.807) is 31.4 Å². The molecule has 5 heteroatoms. The number of ether oxygens (including phenoxy) is 3. The molecule has 0 bridgehead atoms. The number of methoxy groups -OCH3 is 1. The van der Waals surface area contributed by atoms with Crippen LogP contribution in [0, 0.1) is 0 Å². The molecule has 0 amide bonds. The fourth-order valence-electron chi connectivity index (χ4n) is 3.05. The minimum Gasteiger partial charge on any atom is -0.497 e. The molecule has 0 aliphatic rings. The Bertz CT molecular complexity index is 713. The highest BCUT2D eigenvalue weighted by atomic mass is 16.5. The van der Waals surface area contributed by atoms with Gasteiger partial charge in [0.1, 0.15) is 11.5 Å². The Kier molecular flexibility index (Phi) is 10.1. The van der Waals surface area contributed by atoms with E-state index in [0.29, 0.717) is 18.8 Å². The maximum atomic E-state index is 12.0. The minimum absolute atomic E-state index is 0.282. The van der Waals surface area contributed by atoms with Crippen LogP contribution in [0.15, 0.2) is 48.5 Å². The van der Waals surface area contributed by atoms with Crippen molar-refractivity contribution >= 4 is 5.97 Å². The van der Waals surface area contributed by atoms with Gasteiger partial charge in [-0.1, -0.05) is 19.1 Å². The van der Waals surface area contributed by atoms with Crippen molar-refractivity contribution in [3.8, 4) is 11.5 Å². The highest BCUT2D eigenvalue weighted by Crippen LogP contribution is 2.14. The van der Waals surface area contributed by atoms with E-state index >= 15 is 0 Å². The summed E-state index contributed by atoms with van der Waals surface area (Å²) >= 11 is 0. The van der Waals surface area contributed by atoms with E-state index in [0.717, 1.165) is 50.4 Å². The van der Waals surface area contributed by atoms with Crippen LogP contribution in [0.1, 0.15) is 42.6 Å². The molecule has 0 aliphatic carbocycles. The lowest BCUT2D eigenvalue weighted by molar-refractivity contribution is 0.0495. The van der Waals surface area contributed by atoms with E-state index in [1.165, 1.54) is 5.56 Å². The van der Waals surface area contributed by atoms with Crippen molar-refractivity contribution in [2.75, 3.05) is 40.0 Å². The Labute approximate surface area is 174 Å². The summed E-state index contributed by atoms with van der Waals surface area (Å²) in [6.07, 6.45) is 2.89. The molecule has 0 aliphatic heterocycles. The number of hydrogen-bond donors (Lipinski definition) is 0. The van der Waals surface area contributed by atoms with Crippen LogP contribution in [0.5, 0.6) is 11.5 Å². The molecule has 0 unspecified atom stereocenters. The largest absolute Gasteiger partial charge is 0.497 e. The Morgan fingerprint density at radius 2 is 1.59 bits per heavy atom. The first-order valence-corrected chi connectivity index (χ1v) is 10.4. The molecule has 0 saturated carbocycles. The van der Waals surface area contributed by atoms with Gasteiger partial charge in [0.15, 0.2) is 0 Å². The number of unbranched alkanes of at least 4 members (excludes halogenated alkanes) is 1. The van der Waals surface area contributed by atoms with Crippen molar-refractivity contribution in [2.45, 2.75) is 33.1 Å². The number of hydrogen-bond acceptors (Lipinski definition) is 5. The molecule has 2 aromatic rings. The number of carbonyl (C=O) groups excluding carboxylic acids is 1.